The van der Waals surface area contributed by atoms with Crippen molar-refractivity contribution in [2.75, 3.05) is 0 Å². The Hall–Kier alpha value is -1.27. The highest BCUT2D eigenvalue weighted by atomic mass is 16.1. The highest BCUT2D eigenvalue weighted by Crippen LogP contribution is 2.08. The lowest BCUT2D eigenvalue weighted by Crippen LogP contribution is -1.96. The predicted octanol–water partition coefficient (Wildman–Crippen LogP) is 0.547. The summed E-state index contributed by atoms with van der Waals surface area (Å²) in [6, 6.07) is 0. The first kappa shape index (κ1) is 5.86. The molecule has 0 atom stereocenters. The third-order valence-electron chi connectivity index (χ3n) is 1.17. The van der Waals surface area contributed by atoms with E-state index in [-0.39, 0.29) is 0 Å². The van der Waals surface area contributed by atoms with Crippen molar-refractivity contribution >= 4 is 5.94 Å². The molecule has 1 aliphatic carbocycles. The molecule has 0 amide bonds. The van der Waals surface area contributed by atoms with Gasteiger partial charge < -0.3 is 5.73 Å². The van der Waals surface area contributed by atoms with Crippen molar-refractivity contribution in [1.82, 2.24) is 0 Å². The van der Waals surface area contributed by atoms with Gasteiger partial charge in [-0.05, 0) is 12.2 Å². The molecule has 1 rings (SSSR count). The fourth-order valence-electron chi connectivity index (χ4n) is 0.636. The van der Waals surface area contributed by atoms with Gasteiger partial charge in [0.2, 0.25) is 0 Å². The predicted molar refractivity (Wildman–Crippen MR) is 35.2 cm³/mol. The monoisotopic (exact) mass is 121 g/mol. The third-order valence-corrected chi connectivity index (χ3v) is 1.17. The number of carbonyl (C=O) groups excluding carboxylic acids is 1. The maximum Gasteiger partial charge on any atom is 0.128 e. The van der Waals surface area contributed by atoms with Crippen LogP contribution >= 0.6 is 0 Å². The molecule has 0 aromatic rings. The fraction of sp³-hybridized carbons (Fsp3) is 0.143. The molecule has 0 unspecified atom stereocenters. The summed E-state index contributed by atoms with van der Waals surface area (Å²) in [7, 11) is 0. The quantitative estimate of drug-likeness (QED) is 0.475. The summed E-state index contributed by atoms with van der Waals surface area (Å²) in [6.45, 7) is 0. The Morgan fingerprint density at radius 3 is 2.78 bits per heavy atom. The second-order valence-electron chi connectivity index (χ2n) is 1.87. The zero-order valence-corrected chi connectivity index (χ0v) is 4.92. The van der Waals surface area contributed by atoms with E-state index in [1.165, 1.54) is 0 Å². The van der Waals surface area contributed by atoms with Gasteiger partial charge >= 0.3 is 0 Å². The molecule has 0 fully saturated rings. The van der Waals surface area contributed by atoms with Gasteiger partial charge in [0.25, 0.3) is 0 Å². The first-order valence-electron chi connectivity index (χ1n) is 2.70. The molecule has 0 saturated carbocycles. The smallest absolute Gasteiger partial charge is 0.128 e. The fourth-order valence-corrected chi connectivity index (χ4v) is 0.636. The standard InChI is InChI=1S/C7H7NO/c8-7-3-1-6(5-9)2-4-7/h1,3-4H,2,8H2. The molecule has 2 nitrogen and oxygen atoms in total. The molecule has 0 bridgehead atoms. The minimum Gasteiger partial charge on any atom is -0.399 e. The topological polar surface area (TPSA) is 43.1 Å². The molecule has 0 aromatic heterocycles. The zero-order valence-electron chi connectivity index (χ0n) is 4.92. The van der Waals surface area contributed by atoms with E-state index < -0.39 is 0 Å². The molecule has 0 aromatic carbocycles. The highest BCUT2D eigenvalue weighted by Gasteiger charge is 1.96. The van der Waals surface area contributed by atoms with E-state index in [1.807, 2.05) is 0 Å². The van der Waals surface area contributed by atoms with Gasteiger partial charge in [0.15, 0.2) is 0 Å². The summed E-state index contributed by atoms with van der Waals surface area (Å²) in [4.78, 5) is 9.98. The van der Waals surface area contributed by atoms with Gasteiger partial charge in [-0.3, -0.25) is 0 Å². The molecule has 0 radical (unpaired) electrons. The molecular weight excluding hydrogens is 114 g/mol. The summed E-state index contributed by atoms with van der Waals surface area (Å²) in [5.41, 5.74) is 6.76. The molecular formula is C7H7NO. The first-order chi connectivity index (χ1) is 4.33. The Morgan fingerprint density at radius 1 is 1.56 bits per heavy atom. The number of allylic oxidation sites excluding steroid dienone is 4. The lowest BCUT2D eigenvalue weighted by atomic mass is 10.1. The number of nitrogens with two attached hydrogens (primary N) is 1. The average molecular weight is 121 g/mol. The van der Waals surface area contributed by atoms with Gasteiger partial charge in [-0.15, -0.1) is 0 Å². The number of hydrogen-bond donors (Lipinski definition) is 1. The Balaban J connectivity index is 2.81. The summed E-state index contributed by atoms with van der Waals surface area (Å²) in [6.07, 6.45) is 5.79. The Bertz CT molecular complexity index is 219. The van der Waals surface area contributed by atoms with Crippen molar-refractivity contribution < 1.29 is 4.79 Å². The van der Waals surface area contributed by atoms with Gasteiger partial charge in [-0.1, -0.05) is 6.08 Å². The van der Waals surface area contributed by atoms with Crippen LogP contribution in [0.3, 0.4) is 0 Å². The van der Waals surface area contributed by atoms with Crippen molar-refractivity contribution in [3.63, 3.8) is 0 Å². The Kier molecular flexibility index (Phi) is 1.52. The molecule has 0 heterocycles. The van der Waals surface area contributed by atoms with E-state index in [4.69, 9.17) is 5.73 Å². The van der Waals surface area contributed by atoms with Gasteiger partial charge in [-0.25, -0.2) is 4.79 Å². The summed E-state index contributed by atoms with van der Waals surface area (Å²) < 4.78 is 0. The van der Waals surface area contributed by atoms with Crippen LogP contribution in [0.2, 0.25) is 0 Å². The number of rotatable bonds is 0. The summed E-state index contributed by atoms with van der Waals surface area (Å²) >= 11 is 0. The van der Waals surface area contributed by atoms with E-state index in [0.29, 0.717) is 17.7 Å². The summed E-state index contributed by atoms with van der Waals surface area (Å²) in [5.74, 6) is 1.80. The maximum absolute atomic E-state index is 9.98. The molecule has 0 saturated heterocycles. The highest BCUT2D eigenvalue weighted by molar-refractivity contribution is 5.59. The minimum atomic E-state index is 0.617. The van der Waals surface area contributed by atoms with Crippen molar-refractivity contribution in [3.8, 4) is 0 Å². The van der Waals surface area contributed by atoms with Crippen LogP contribution < -0.4 is 5.73 Å². The normalized spacial score (nSPS) is 16.9. The van der Waals surface area contributed by atoms with Gasteiger partial charge in [0, 0.05) is 17.7 Å². The summed E-state index contributed by atoms with van der Waals surface area (Å²) in [5, 5.41) is 0. The van der Waals surface area contributed by atoms with Crippen LogP contribution in [0.15, 0.2) is 29.5 Å². The van der Waals surface area contributed by atoms with Crippen LogP contribution in [-0.2, 0) is 4.79 Å². The Labute approximate surface area is 53.4 Å². The number of hydrogen-bond acceptors (Lipinski definition) is 2. The molecule has 2 heteroatoms. The van der Waals surface area contributed by atoms with Crippen LogP contribution in [0.5, 0.6) is 0 Å². The van der Waals surface area contributed by atoms with Crippen molar-refractivity contribution in [2.45, 2.75) is 6.42 Å². The molecule has 46 valence electrons. The van der Waals surface area contributed by atoms with Crippen molar-refractivity contribution in [1.29, 1.82) is 0 Å². The Morgan fingerprint density at radius 2 is 2.33 bits per heavy atom. The largest absolute Gasteiger partial charge is 0.399 e. The van der Waals surface area contributed by atoms with E-state index in [2.05, 4.69) is 0 Å². The van der Waals surface area contributed by atoms with Crippen molar-refractivity contribution in [3.05, 3.63) is 29.5 Å². The van der Waals surface area contributed by atoms with Gasteiger partial charge in [-0.2, -0.15) is 0 Å². The van der Waals surface area contributed by atoms with E-state index >= 15 is 0 Å². The second-order valence-corrected chi connectivity index (χ2v) is 1.87. The van der Waals surface area contributed by atoms with Crippen LogP contribution in [0.1, 0.15) is 6.42 Å². The first-order valence-corrected chi connectivity index (χ1v) is 2.70. The molecule has 9 heavy (non-hydrogen) atoms. The van der Waals surface area contributed by atoms with E-state index in [0.717, 1.165) is 0 Å². The zero-order chi connectivity index (χ0) is 6.69. The van der Waals surface area contributed by atoms with Gasteiger partial charge in [0.1, 0.15) is 5.94 Å². The lowest BCUT2D eigenvalue weighted by Gasteiger charge is -1.99. The average Bonchev–Trinajstić information content (AvgIpc) is 1.90. The molecule has 2 N–H and O–H groups in total. The van der Waals surface area contributed by atoms with Crippen LogP contribution in [0, 0.1) is 0 Å². The van der Waals surface area contributed by atoms with Crippen LogP contribution in [0.25, 0.3) is 0 Å². The van der Waals surface area contributed by atoms with Crippen molar-refractivity contribution in [2.24, 2.45) is 5.73 Å². The molecule has 0 spiro atoms. The second kappa shape index (κ2) is 2.33. The van der Waals surface area contributed by atoms with Crippen LogP contribution in [-0.4, -0.2) is 5.94 Å². The third kappa shape index (κ3) is 1.31. The SMILES string of the molecule is NC1=CCC(=C=O)C=C1. The van der Waals surface area contributed by atoms with E-state index in [1.54, 1.807) is 24.2 Å². The minimum absolute atomic E-state index is 0.617. The molecule has 0 aliphatic heterocycles. The van der Waals surface area contributed by atoms with Gasteiger partial charge in [0.05, 0.1) is 0 Å². The van der Waals surface area contributed by atoms with Crippen LogP contribution in [0.4, 0.5) is 0 Å². The molecule has 1 aliphatic rings. The van der Waals surface area contributed by atoms with E-state index in [9.17, 15) is 4.79 Å². The lowest BCUT2D eigenvalue weighted by molar-refractivity contribution is 0.567. The maximum atomic E-state index is 9.98.